The number of hydrogen-bond donors (Lipinski definition) is 14. The number of nitrogens with zero attached hydrogens (tertiary/aromatic N) is 1. The molecule has 3 aromatic rings. The quantitative estimate of drug-likeness (QED) is 0.0280. The monoisotopic (exact) mass is 1870 g/mol. The van der Waals surface area contributed by atoms with Crippen molar-refractivity contribution in [2.24, 2.45) is 5.92 Å². The molecule has 14 N–H and O–H groups in total. The van der Waals surface area contributed by atoms with Crippen molar-refractivity contribution < 1.29 is 130 Å². The molecule has 1 saturated heterocycles. The fourth-order valence-electron chi connectivity index (χ4n) is 14.0. The van der Waals surface area contributed by atoms with Crippen LogP contribution in [0.4, 0.5) is 4.79 Å². The molecule has 13 amide bonds. The molecule has 0 unspecified atom stereocenters. The van der Waals surface area contributed by atoms with E-state index in [9.17, 15) is 91.7 Å². The number of aliphatic carboxylic acids is 2. The molecule has 12 atom stereocenters. The topological polar surface area (TPSA) is 568 Å². The van der Waals surface area contributed by atoms with E-state index in [1.807, 2.05) is 48.5 Å². The average molecular weight is 1870 g/mol. The molecular formula is C93H135N13O27. The summed E-state index contributed by atoms with van der Waals surface area (Å²) in [5.74, 6) is -19.2. The van der Waals surface area contributed by atoms with Crippen LogP contribution in [0.25, 0.3) is 11.1 Å². The van der Waals surface area contributed by atoms with Gasteiger partial charge in [-0.2, -0.15) is 0 Å². The third-order valence-electron chi connectivity index (χ3n) is 20.2. The molecule has 1 aliphatic heterocycles. The van der Waals surface area contributed by atoms with Gasteiger partial charge in [0.05, 0.1) is 18.6 Å². The Kier molecular flexibility index (Phi) is 41.9. The van der Waals surface area contributed by atoms with Crippen molar-refractivity contribution in [2.75, 3.05) is 26.3 Å². The van der Waals surface area contributed by atoms with E-state index in [2.05, 4.69) is 63.8 Å². The first-order valence-electron chi connectivity index (χ1n) is 44.5. The fraction of sp³-hybridized carbons (Fsp3) is 0.602. The molecule has 0 spiro atoms. The summed E-state index contributed by atoms with van der Waals surface area (Å²) < 4.78 is 33.6. The standard InChI is InChI=1S/C93H135N13O27/c1-51(2)45-65(82(120)101-64(87(125)126)36-40-71(108)109)103-85(123)69-35-28-44-106(69)86(124)67(46-55-29-22-21-23-30-55)104-78(116)54(5)96-79(117)61(37-41-72(110)130-90(9,10)11)98-77(115)53(4)97-84(122)68(50-129-89(6,7)8)105-81(119)63(39-43-74(112)132-92(15,16)17)100-83(121)66(47-75(113)133-93(18,19)20)102-80(118)62(38-42-73(111)131-91(12,13)14)99-76(114)52(3)95-70(107)48-94-88(127)128-49-60-58-33-26-24-31-56(58)57-32-25-27-34-59(57)60/h21-27,29-34,51-54,60-69H,28,35-50H2,1-20H3,(H,94,127)(H,95,107)(H,96,117)(H,97,122)(H,98,115)(H,99,114)(H,100,121)(H,101,120)(H,102,118)(H,103,123)(H,104,116)(H,105,119)(H,108,109)(H,125,126)/t52-,53-,54-,61-,62-,63-,64-,65-,66-,67-,68-,69-/m0/s1. The third-order valence-corrected chi connectivity index (χ3v) is 20.2. The van der Waals surface area contributed by atoms with Gasteiger partial charge < -0.3 is 107 Å². The van der Waals surface area contributed by atoms with Crippen molar-refractivity contribution in [1.29, 1.82) is 0 Å². The number of nitrogens with one attached hydrogen (secondary N) is 12. The maximum Gasteiger partial charge on any atom is 0.407 e. The predicted octanol–water partition coefficient (Wildman–Crippen LogP) is 4.06. The zero-order valence-electron chi connectivity index (χ0n) is 79.7. The number of rotatable bonds is 47. The van der Waals surface area contributed by atoms with Crippen LogP contribution in [-0.4, -0.2) is 255 Å². The van der Waals surface area contributed by atoms with Crippen molar-refractivity contribution in [1.82, 2.24) is 68.7 Å². The molecule has 0 saturated carbocycles. The van der Waals surface area contributed by atoms with E-state index in [0.29, 0.717) is 12.0 Å². The highest BCUT2D eigenvalue weighted by Crippen LogP contribution is 2.44. The zero-order chi connectivity index (χ0) is 100.0. The summed E-state index contributed by atoms with van der Waals surface area (Å²) >= 11 is 0. The van der Waals surface area contributed by atoms with Gasteiger partial charge in [0.15, 0.2) is 0 Å². The van der Waals surface area contributed by atoms with E-state index >= 15 is 9.59 Å². The smallest absolute Gasteiger partial charge is 0.407 e. The lowest BCUT2D eigenvalue weighted by atomic mass is 9.98. The second-order valence-electron chi connectivity index (χ2n) is 38.3. The van der Waals surface area contributed by atoms with Crippen molar-refractivity contribution in [3.05, 3.63) is 95.6 Å². The number of ether oxygens (including phenoxy) is 6. The first-order valence-corrected chi connectivity index (χ1v) is 44.5. The van der Waals surface area contributed by atoms with Gasteiger partial charge >= 0.3 is 41.9 Å². The molecule has 40 heteroatoms. The Morgan fingerprint density at radius 3 is 1.24 bits per heavy atom. The molecule has 5 rings (SSSR count). The molecule has 133 heavy (non-hydrogen) atoms. The number of carboxylic acids is 2. The van der Waals surface area contributed by atoms with Gasteiger partial charge in [-0.05, 0) is 203 Å². The van der Waals surface area contributed by atoms with Gasteiger partial charge in [0.1, 0.15) is 108 Å². The van der Waals surface area contributed by atoms with Crippen LogP contribution in [-0.2, 0) is 121 Å². The van der Waals surface area contributed by atoms with Gasteiger partial charge in [-0.1, -0.05) is 92.7 Å². The summed E-state index contributed by atoms with van der Waals surface area (Å²) in [6.45, 7) is 29.3. The summed E-state index contributed by atoms with van der Waals surface area (Å²) in [6.07, 6.45) is -6.02. The number of esters is 4. The van der Waals surface area contributed by atoms with Crippen molar-refractivity contribution in [2.45, 2.75) is 328 Å². The zero-order valence-corrected chi connectivity index (χ0v) is 79.7. The van der Waals surface area contributed by atoms with Crippen LogP contribution < -0.4 is 63.8 Å². The van der Waals surface area contributed by atoms with Crippen LogP contribution in [0.1, 0.15) is 238 Å². The van der Waals surface area contributed by atoms with Crippen molar-refractivity contribution in [3.63, 3.8) is 0 Å². The number of hydrogen-bond acceptors (Lipinski definition) is 25. The molecule has 3 aromatic carbocycles. The lowest BCUT2D eigenvalue weighted by Gasteiger charge is -2.31. The number of fused-ring (bicyclic) bond motifs is 3. The van der Waals surface area contributed by atoms with E-state index in [1.165, 1.54) is 46.4 Å². The number of benzene rings is 3. The molecule has 0 aromatic heterocycles. The molecule has 2 aliphatic rings. The fourth-order valence-corrected chi connectivity index (χ4v) is 14.0. The number of amides is 13. The normalized spacial score (nSPS) is 15.7. The third kappa shape index (κ3) is 39.7. The number of carboxylic acid groups (broad SMARTS) is 2. The Hall–Kier alpha value is -12.7. The highest BCUT2D eigenvalue weighted by molar-refractivity contribution is 6.01. The number of carbonyl (C=O) groups excluding carboxylic acids is 17. The van der Waals surface area contributed by atoms with E-state index in [1.54, 1.807) is 127 Å². The number of carbonyl (C=O) groups is 19. The Labute approximate surface area is 775 Å². The van der Waals surface area contributed by atoms with Crippen molar-refractivity contribution in [3.8, 4) is 11.1 Å². The van der Waals surface area contributed by atoms with Gasteiger partial charge in [-0.15, -0.1) is 0 Å². The second-order valence-corrected chi connectivity index (χ2v) is 38.3. The Bertz CT molecular complexity index is 4590. The predicted molar refractivity (Wildman–Crippen MR) is 482 cm³/mol. The molecule has 734 valence electrons. The highest BCUT2D eigenvalue weighted by atomic mass is 16.6. The second kappa shape index (κ2) is 50.3. The van der Waals surface area contributed by atoms with Gasteiger partial charge in [0, 0.05) is 44.6 Å². The van der Waals surface area contributed by atoms with Crippen LogP contribution in [0.5, 0.6) is 0 Å². The van der Waals surface area contributed by atoms with Crippen LogP contribution in [0.3, 0.4) is 0 Å². The lowest BCUT2D eigenvalue weighted by Crippen LogP contribution is -2.61. The molecule has 1 fully saturated rings. The Morgan fingerprint density at radius 1 is 0.406 bits per heavy atom. The molecule has 1 aliphatic carbocycles. The summed E-state index contributed by atoms with van der Waals surface area (Å²) in [5, 5.41) is 48.7. The van der Waals surface area contributed by atoms with Gasteiger partial charge in [-0.3, -0.25) is 81.5 Å². The van der Waals surface area contributed by atoms with E-state index in [4.69, 9.17) is 28.4 Å². The minimum atomic E-state index is -2.03. The maximum absolute atomic E-state index is 15.0. The van der Waals surface area contributed by atoms with Gasteiger partial charge in [-0.25, -0.2) is 9.59 Å². The van der Waals surface area contributed by atoms with E-state index < -0.39 is 284 Å². The van der Waals surface area contributed by atoms with E-state index in [-0.39, 0.29) is 44.2 Å². The first-order chi connectivity index (χ1) is 61.7. The lowest BCUT2D eigenvalue weighted by molar-refractivity contribution is -0.157. The Balaban J connectivity index is 1.39. The molecule has 0 bridgehead atoms. The average Bonchev–Trinajstić information content (AvgIpc) is 1.61. The summed E-state index contributed by atoms with van der Waals surface area (Å²) in [4.78, 5) is 265. The van der Waals surface area contributed by atoms with Crippen LogP contribution in [0.15, 0.2) is 78.9 Å². The number of alkyl carbamates (subject to hydrolysis) is 1. The summed E-state index contributed by atoms with van der Waals surface area (Å²) in [6, 6.07) is 4.31. The molecule has 0 radical (unpaired) electrons. The van der Waals surface area contributed by atoms with Crippen LogP contribution in [0.2, 0.25) is 0 Å². The van der Waals surface area contributed by atoms with Gasteiger partial charge in [0.2, 0.25) is 70.9 Å². The highest BCUT2D eigenvalue weighted by Gasteiger charge is 2.43. The Morgan fingerprint density at radius 2 is 0.789 bits per heavy atom. The van der Waals surface area contributed by atoms with Crippen LogP contribution >= 0.6 is 0 Å². The number of likely N-dealkylation sites (tertiary alicyclic amines) is 1. The minimum absolute atomic E-state index is 0.00498. The maximum atomic E-state index is 15.0. The SMILES string of the molecule is CC(C)C[C@H](NC(=O)[C@@H]1CCCN1C(=O)[C@H](Cc1ccccc1)NC(=O)[C@H](C)NC(=O)[C@H](CCC(=O)OC(C)(C)C)NC(=O)[C@H](C)NC(=O)[C@H](COC(C)(C)C)NC(=O)[C@H](CCC(=O)OC(C)(C)C)NC(=O)[C@H](CC(=O)OC(C)(C)C)NC(=O)[C@H](CCC(=O)OC(C)(C)C)NC(=O)[C@H](C)NC(=O)CNC(=O)OCC1c2ccccc2-c2ccccc21)C(=O)N[C@@H](CCC(=O)O)C(=O)O. The van der Waals surface area contributed by atoms with E-state index in [0.717, 1.165) is 22.3 Å². The van der Waals surface area contributed by atoms with Crippen LogP contribution in [0, 0.1) is 5.92 Å². The summed E-state index contributed by atoms with van der Waals surface area (Å²) in [5.41, 5.74) is -0.993. The van der Waals surface area contributed by atoms with Gasteiger partial charge in [0.25, 0.3) is 0 Å². The molecule has 40 nitrogen and oxygen atoms in total. The minimum Gasteiger partial charge on any atom is -0.481 e. The van der Waals surface area contributed by atoms with Crippen molar-refractivity contribution >= 4 is 113 Å². The molecular weight excluding hydrogens is 1730 g/mol. The largest absolute Gasteiger partial charge is 0.481 e. The summed E-state index contributed by atoms with van der Waals surface area (Å²) in [7, 11) is 0. The first kappa shape index (κ1) is 111. The molecule has 1 heterocycles.